The van der Waals surface area contributed by atoms with Crippen molar-refractivity contribution in [2.75, 3.05) is 6.54 Å². The summed E-state index contributed by atoms with van der Waals surface area (Å²) in [5.74, 6) is 0.853. The summed E-state index contributed by atoms with van der Waals surface area (Å²) in [4.78, 5) is 13.5. The number of hydrogen-bond acceptors (Lipinski definition) is 4. The van der Waals surface area contributed by atoms with Crippen molar-refractivity contribution < 1.29 is 4.52 Å². The molecule has 0 aromatic carbocycles. The summed E-state index contributed by atoms with van der Waals surface area (Å²) in [6.45, 7) is 2.90. The van der Waals surface area contributed by atoms with E-state index in [0.29, 0.717) is 18.3 Å². The van der Waals surface area contributed by atoms with Crippen molar-refractivity contribution in [2.24, 2.45) is 17.1 Å². The largest absolute Gasteiger partial charge is 0.438 e. The Morgan fingerprint density at radius 1 is 1.69 bits per heavy atom. The molecule has 0 spiro atoms. The second kappa shape index (κ2) is 4.41. The highest BCUT2D eigenvalue weighted by molar-refractivity contribution is 4.94. The molecule has 2 atom stereocenters. The van der Waals surface area contributed by atoms with Gasteiger partial charge >= 0.3 is 5.76 Å². The maximum absolute atomic E-state index is 10.9. The van der Waals surface area contributed by atoms with Crippen LogP contribution in [0.2, 0.25) is 0 Å². The molecule has 90 valence electrons. The first kappa shape index (κ1) is 11.4. The van der Waals surface area contributed by atoms with Crippen LogP contribution >= 0.6 is 0 Å². The van der Waals surface area contributed by atoms with Gasteiger partial charge in [0.2, 0.25) is 0 Å². The van der Waals surface area contributed by atoms with Crippen LogP contribution in [-0.2, 0) is 6.42 Å². The van der Waals surface area contributed by atoms with E-state index in [-0.39, 0.29) is 5.41 Å². The minimum Gasteiger partial charge on any atom is -0.330 e. The Labute approximate surface area is 94.4 Å². The van der Waals surface area contributed by atoms with E-state index in [0.717, 1.165) is 19.3 Å². The third kappa shape index (κ3) is 2.35. The number of nitrogens with one attached hydrogen (secondary N) is 1. The van der Waals surface area contributed by atoms with Crippen molar-refractivity contribution in [3.05, 3.63) is 16.4 Å². The molecule has 0 saturated heterocycles. The molecule has 0 unspecified atom stereocenters. The molecule has 1 saturated carbocycles. The zero-order valence-corrected chi connectivity index (χ0v) is 9.66. The van der Waals surface area contributed by atoms with E-state index >= 15 is 0 Å². The average Bonchev–Trinajstić information content (AvgIpc) is 2.64. The number of rotatable bonds is 3. The third-order valence-electron chi connectivity index (χ3n) is 3.65. The van der Waals surface area contributed by atoms with E-state index in [2.05, 4.69) is 21.6 Å². The fourth-order valence-corrected chi connectivity index (χ4v) is 2.88. The van der Waals surface area contributed by atoms with Crippen molar-refractivity contribution in [3.63, 3.8) is 0 Å². The van der Waals surface area contributed by atoms with Gasteiger partial charge in [0, 0.05) is 6.42 Å². The van der Waals surface area contributed by atoms with Gasteiger partial charge in [-0.3, -0.25) is 9.51 Å². The van der Waals surface area contributed by atoms with Gasteiger partial charge in [0.05, 0.1) is 0 Å². The second-order valence-electron chi connectivity index (χ2n) is 5.12. The first-order chi connectivity index (χ1) is 7.63. The Kier molecular flexibility index (Phi) is 3.14. The lowest BCUT2D eigenvalue weighted by atomic mass is 9.68. The SMILES string of the molecule is C[C@H]1CCC[C@@](CN)(Cc2noc(=O)[nH]2)C1. The number of aromatic amines is 1. The van der Waals surface area contributed by atoms with E-state index in [1.165, 1.54) is 12.8 Å². The van der Waals surface area contributed by atoms with Crippen molar-refractivity contribution >= 4 is 0 Å². The van der Waals surface area contributed by atoms with Gasteiger partial charge < -0.3 is 5.73 Å². The average molecular weight is 225 g/mol. The Balaban J connectivity index is 2.12. The predicted octanol–water partition coefficient (Wildman–Crippen LogP) is 1.06. The summed E-state index contributed by atoms with van der Waals surface area (Å²) in [5.41, 5.74) is 6.00. The minimum absolute atomic E-state index is 0.0947. The molecule has 5 nitrogen and oxygen atoms in total. The van der Waals surface area contributed by atoms with Crippen molar-refractivity contribution in [1.82, 2.24) is 10.1 Å². The predicted molar refractivity (Wildman–Crippen MR) is 59.9 cm³/mol. The number of aromatic nitrogens is 2. The third-order valence-corrected chi connectivity index (χ3v) is 3.65. The zero-order valence-electron chi connectivity index (χ0n) is 9.66. The second-order valence-corrected chi connectivity index (χ2v) is 5.12. The van der Waals surface area contributed by atoms with Gasteiger partial charge in [-0.05, 0) is 30.7 Å². The molecule has 0 radical (unpaired) electrons. The first-order valence-corrected chi connectivity index (χ1v) is 5.88. The maximum Gasteiger partial charge on any atom is 0.438 e. The minimum atomic E-state index is -0.481. The quantitative estimate of drug-likeness (QED) is 0.805. The fraction of sp³-hybridized carbons (Fsp3) is 0.818. The summed E-state index contributed by atoms with van der Waals surface area (Å²) < 4.78 is 4.52. The molecule has 0 aliphatic heterocycles. The summed E-state index contributed by atoms with van der Waals surface area (Å²) in [7, 11) is 0. The summed E-state index contributed by atoms with van der Waals surface area (Å²) in [5, 5.41) is 3.73. The van der Waals surface area contributed by atoms with Gasteiger partial charge in [0.15, 0.2) is 5.82 Å². The summed E-state index contributed by atoms with van der Waals surface area (Å²) in [6.07, 6.45) is 5.43. The highest BCUT2D eigenvalue weighted by Crippen LogP contribution is 2.40. The topological polar surface area (TPSA) is 84.9 Å². The molecular weight excluding hydrogens is 206 g/mol. The first-order valence-electron chi connectivity index (χ1n) is 5.88. The van der Waals surface area contributed by atoms with Crippen molar-refractivity contribution in [2.45, 2.75) is 39.0 Å². The normalized spacial score (nSPS) is 30.5. The number of H-pyrrole nitrogens is 1. The van der Waals surface area contributed by atoms with Crippen LogP contribution in [0.15, 0.2) is 9.32 Å². The van der Waals surface area contributed by atoms with Crippen LogP contribution in [0.25, 0.3) is 0 Å². The Bertz CT molecular complexity index is 398. The van der Waals surface area contributed by atoms with Crippen LogP contribution in [0.1, 0.15) is 38.4 Å². The van der Waals surface area contributed by atoms with E-state index in [4.69, 9.17) is 5.73 Å². The molecule has 3 N–H and O–H groups in total. The summed E-state index contributed by atoms with van der Waals surface area (Å²) in [6, 6.07) is 0. The van der Waals surface area contributed by atoms with Crippen LogP contribution < -0.4 is 11.5 Å². The molecule has 0 bridgehead atoms. The van der Waals surface area contributed by atoms with Gasteiger partial charge in [0.1, 0.15) is 0 Å². The molecule has 1 aromatic rings. The lowest BCUT2D eigenvalue weighted by molar-refractivity contribution is 0.150. The van der Waals surface area contributed by atoms with Crippen molar-refractivity contribution in [3.8, 4) is 0 Å². The van der Waals surface area contributed by atoms with Crippen LogP contribution in [0.3, 0.4) is 0 Å². The molecule has 2 rings (SSSR count). The van der Waals surface area contributed by atoms with E-state index in [9.17, 15) is 4.79 Å². The molecule has 1 aromatic heterocycles. The number of nitrogens with zero attached hydrogens (tertiary/aromatic N) is 1. The van der Waals surface area contributed by atoms with E-state index in [1.807, 2.05) is 0 Å². The molecule has 0 amide bonds. The standard InChI is InChI=1S/C11H19N3O2/c1-8-3-2-4-11(5-8,7-12)6-9-13-10(15)16-14-9/h8H,2-7,12H2,1H3,(H,13,14,15)/t8-,11-/m0/s1. The molecule has 1 fully saturated rings. The van der Waals surface area contributed by atoms with Crippen LogP contribution in [0.5, 0.6) is 0 Å². The van der Waals surface area contributed by atoms with E-state index < -0.39 is 5.76 Å². The summed E-state index contributed by atoms with van der Waals surface area (Å²) >= 11 is 0. The number of nitrogens with two attached hydrogens (primary N) is 1. The molecule has 1 aliphatic carbocycles. The van der Waals surface area contributed by atoms with Gasteiger partial charge in [-0.15, -0.1) is 0 Å². The molecule has 16 heavy (non-hydrogen) atoms. The van der Waals surface area contributed by atoms with Gasteiger partial charge in [-0.2, -0.15) is 0 Å². The van der Waals surface area contributed by atoms with Gasteiger partial charge in [-0.1, -0.05) is 24.9 Å². The van der Waals surface area contributed by atoms with Gasteiger partial charge in [0.25, 0.3) is 0 Å². The van der Waals surface area contributed by atoms with Crippen LogP contribution in [0, 0.1) is 11.3 Å². The Hall–Kier alpha value is -1.10. The fourth-order valence-electron chi connectivity index (χ4n) is 2.88. The molecule has 1 heterocycles. The van der Waals surface area contributed by atoms with Crippen molar-refractivity contribution in [1.29, 1.82) is 0 Å². The Morgan fingerprint density at radius 3 is 3.06 bits per heavy atom. The smallest absolute Gasteiger partial charge is 0.330 e. The highest BCUT2D eigenvalue weighted by Gasteiger charge is 2.34. The molecular formula is C11H19N3O2. The van der Waals surface area contributed by atoms with Gasteiger partial charge in [-0.25, -0.2) is 4.79 Å². The Morgan fingerprint density at radius 2 is 2.50 bits per heavy atom. The maximum atomic E-state index is 10.9. The van der Waals surface area contributed by atoms with Crippen LogP contribution in [0.4, 0.5) is 0 Å². The zero-order chi connectivity index (χ0) is 11.6. The van der Waals surface area contributed by atoms with Crippen LogP contribution in [-0.4, -0.2) is 16.7 Å². The monoisotopic (exact) mass is 225 g/mol. The lowest BCUT2D eigenvalue weighted by Gasteiger charge is -2.38. The lowest BCUT2D eigenvalue weighted by Crippen LogP contribution is -2.37. The highest BCUT2D eigenvalue weighted by atomic mass is 16.5. The number of hydrogen-bond donors (Lipinski definition) is 2. The molecule has 1 aliphatic rings. The molecule has 5 heteroatoms. The van der Waals surface area contributed by atoms with E-state index in [1.54, 1.807) is 0 Å².